The first kappa shape index (κ1) is 20.5. The molecule has 0 saturated carbocycles. The van der Waals surface area contributed by atoms with Gasteiger partial charge in [-0.15, -0.1) is 0 Å². The Labute approximate surface area is 157 Å². The summed E-state index contributed by atoms with van der Waals surface area (Å²) in [5.74, 6) is -0.0226. The lowest BCUT2D eigenvalue weighted by atomic mass is 10.00. The number of aryl methyl sites for hydroxylation is 2. The molecule has 26 heavy (non-hydrogen) atoms. The van der Waals surface area contributed by atoms with Crippen molar-refractivity contribution in [3.8, 4) is 0 Å². The van der Waals surface area contributed by atoms with E-state index in [4.69, 9.17) is 0 Å². The van der Waals surface area contributed by atoms with Crippen molar-refractivity contribution in [1.29, 1.82) is 0 Å². The Balaban J connectivity index is 1.89. The normalized spacial score (nSPS) is 14.7. The second-order valence-electron chi connectivity index (χ2n) is 7.11. The first-order valence-electron chi connectivity index (χ1n) is 9.27. The summed E-state index contributed by atoms with van der Waals surface area (Å²) in [6.45, 7) is 4.81. The Hall–Kier alpha value is -1.82. The van der Waals surface area contributed by atoms with Crippen LogP contribution in [0.5, 0.6) is 0 Å². The molecular formula is C20H30N2O3S. The zero-order valence-electron chi connectivity index (χ0n) is 16.0. The molecule has 1 aromatic carbocycles. The maximum Gasteiger partial charge on any atom is 0.232 e. The molecule has 0 saturated heterocycles. The largest absolute Gasteiger partial charge is 0.352 e. The van der Waals surface area contributed by atoms with Crippen LogP contribution in [-0.2, 0) is 14.8 Å². The molecule has 1 aliphatic carbocycles. The Bertz CT molecular complexity index is 769. The van der Waals surface area contributed by atoms with Gasteiger partial charge in [-0.2, -0.15) is 0 Å². The highest BCUT2D eigenvalue weighted by Gasteiger charge is 2.19. The quantitative estimate of drug-likeness (QED) is 0.705. The van der Waals surface area contributed by atoms with Gasteiger partial charge in [0.15, 0.2) is 0 Å². The zero-order valence-corrected chi connectivity index (χ0v) is 16.9. The van der Waals surface area contributed by atoms with Crippen LogP contribution in [0.25, 0.3) is 0 Å². The molecule has 0 unspecified atom stereocenters. The molecular weight excluding hydrogens is 348 g/mol. The van der Waals surface area contributed by atoms with Gasteiger partial charge in [0.1, 0.15) is 0 Å². The van der Waals surface area contributed by atoms with E-state index in [0.717, 1.165) is 24.0 Å². The van der Waals surface area contributed by atoms with Crippen molar-refractivity contribution in [2.75, 3.05) is 23.7 Å². The van der Waals surface area contributed by atoms with Crippen molar-refractivity contribution in [3.05, 3.63) is 41.0 Å². The van der Waals surface area contributed by atoms with Gasteiger partial charge >= 0.3 is 0 Å². The number of amides is 1. The lowest BCUT2D eigenvalue weighted by molar-refractivity contribution is -0.120. The number of benzene rings is 1. The van der Waals surface area contributed by atoms with E-state index in [1.807, 2.05) is 32.0 Å². The van der Waals surface area contributed by atoms with Crippen LogP contribution in [0.1, 0.15) is 49.7 Å². The van der Waals surface area contributed by atoms with Crippen molar-refractivity contribution in [2.45, 2.75) is 52.4 Å². The zero-order chi connectivity index (χ0) is 19.2. The van der Waals surface area contributed by atoms with Gasteiger partial charge in [0.05, 0.1) is 11.9 Å². The van der Waals surface area contributed by atoms with Gasteiger partial charge in [-0.25, -0.2) is 8.42 Å². The standard InChI is InChI=1S/C20H30N2O3S/c1-16-11-12-19(17(2)14-16)22(26(3,24)25)13-7-10-20(23)21-15-18-8-5-4-6-9-18/h8,11-12,14H,4-7,9-10,13,15H2,1-3H3,(H,21,23). The number of carbonyl (C=O) groups excluding carboxylic acids is 1. The fourth-order valence-electron chi connectivity index (χ4n) is 3.30. The minimum Gasteiger partial charge on any atom is -0.352 e. The third-order valence-electron chi connectivity index (χ3n) is 4.68. The minimum absolute atomic E-state index is 0.0226. The second kappa shape index (κ2) is 9.21. The van der Waals surface area contributed by atoms with Crippen LogP contribution in [0.2, 0.25) is 0 Å². The molecule has 1 aliphatic rings. The average Bonchev–Trinajstić information content (AvgIpc) is 2.58. The van der Waals surface area contributed by atoms with Crippen LogP contribution in [-0.4, -0.2) is 33.7 Å². The van der Waals surface area contributed by atoms with E-state index in [1.54, 1.807) is 0 Å². The minimum atomic E-state index is -3.39. The molecule has 0 spiro atoms. The topological polar surface area (TPSA) is 66.5 Å². The number of allylic oxidation sites excluding steroid dienone is 1. The van der Waals surface area contributed by atoms with Gasteiger partial charge in [0.25, 0.3) is 0 Å². The number of anilines is 1. The molecule has 0 fully saturated rings. The fraction of sp³-hybridized carbons (Fsp3) is 0.550. The summed E-state index contributed by atoms with van der Waals surface area (Å²) in [7, 11) is -3.39. The fourth-order valence-corrected chi connectivity index (χ4v) is 4.32. The maximum absolute atomic E-state index is 12.2. The molecule has 1 amide bonds. The van der Waals surface area contributed by atoms with Gasteiger partial charge < -0.3 is 5.32 Å². The summed E-state index contributed by atoms with van der Waals surface area (Å²) in [5, 5.41) is 2.95. The molecule has 0 radical (unpaired) electrons. The predicted molar refractivity (Wildman–Crippen MR) is 107 cm³/mol. The lowest BCUT2D eigenvalue weighted by Gasteiger charge is -2.24. The summed E-state index contributed by atoms with van der Waals surface area (Å²) in [5.41, 5.74) is 4.00. The summed E-state index contributed by atoms with van der Waals surface area (Å²) in [4.78, 5) is 12.1. The van der Waals surface area contributed by atoms with Crippen LogP contribution in [0.4, 0.5) is 5.69 Å². The third-order valence-corrected chi connectivity index (χ3v) is 5.86. The van der Waals surface area contributed by atoms with Crippen molar-refractivity contribution in [1.82, 2.24) is 5.32 Å². The molecule has 0 aliphatic heterocycles. The summed E-state index contributed by atoms with van der Waals surface area (Å²) in [6.07, 6.45) is 8.84. The van der Waals surface area contributed by atoms with Gasteiger partial charge in [-0.05, 0) is 57.6 Å². The van der Waals surface area contributed by atoms with Crippen molar-refractivity contribution in [3.63, 3.8) is 0 Å². The molecule has 1 N–H and O–H groups in total. The number of hydrogen-bond donors (Lipinski definition) is 1. The van der Waals surface area contributed by atoms with Crippen LogP contribution in [0, 0.1) is 13.8 Å². The van der Waals surface area contributed by atoms with Crippen LogP contribution >= 0.6 is 0 Å². The number of nitrogens with one attached hydrogen (secondary N) is 1. The highest BCUT2D eigenvalue weighted by Crippen LogP contribution is 2.24. The Kier molecular flexibility index (Phi) is 7.26. The summed E-state index contributed by atoms with van der Waals surface area (Å²) in [6, 6.07) is 5.71. The first-order valence-corrected chi connectivity index (χ1v) is 11.1. The summed E-state index contributed by atoms with van der Waals surface area (Å²) < 4.78 is 25.8. The van der Waals surface area contributed by atoms with Crippen LogP contribution in [0.3, 0.4) is 0 Å². The second-order valence-corrected chi connectivity index (χ2v) is 9.02. The monoisotopic (exact) mass is 378 g/mol. The maximum atomic E-state index is 12.2. The number of hydrogen-bond acceptors (Lipinski definition) is 3. The lowest BCUT2D eigenvalue weighted by Crippen LogP contribution is -2.33. The molecule has 5 nitrogen and oxygen atoms in total. The highest BCUT2D eigenvalue weighted by molar-refractivity contribution is 7.92. The van der Waals surface area contributed by atoms with Gasteiger partial charge in [0, 0.05) is 19.5 Å². The third kappa shape index (κ3) is 6.16. The Morgan fingerprint density at radius 1 is 1.23 bits per heavy atom. The molecule has 6 heteroatoms. The molecule has 0 heterocycles. The molecule has 0 aromatic heterocycles. The van der Waals surface area contributed by atoms with E-state index in [2.05, 4.69) is 11.4 Å². The number of rotatable bonds is 8. The van der Waals surface area contributed by atoms with Gasteiger partial charge in [-0.1, -0.05) is 29.3 Å². The van der Waals surface area contributed by atoms with Gasteiger partial charge in [-0.3, -0.25) is 9.10 Å². The predicted octanol–water partition coefficient (Wildman–Crippen LogP) is 3.47. The molecule has 144 valence electrons. The molecule has 2 rings (SSSR count). The van der Waals surface area contributed by atoms with E-state index in [0.29, 0.717) is 31.6 Å². The first-order chi connectivity index (χ1) is 12.3. The number of nitrogens with zero attached hydrogens (tertiary/aromatic N) is 1. The van der Waals surface area contributed by atoms with Crippen molar-refractivity contribution < 1.29 is 13.2 Å². The SMILES string of the molecule is Cc1ccc(N(CCCC(=O)NCC2=CCCCC2)S(C)(=O)=O)c(C)c1. The van der Waals surface area contributed by atoms with Crippen molar-refractivity contribution >= 4 is 21.6 Å². The average molecular weight is 379 g/mol. The molecule has 0 atom stereocenters. The Morgan fingerprint density at radius 2 is 2.00 bits per heavy atom. The summed E-state index contributed by atoms with van der Waals surface area (Å²) >= 11 is 0. The van der Waals surface area contributed by atoms with Crippen molar-refractivity contribution in [2.24, 2.45) is 0 Å². The molecule has 1 aromatic rings. The smallest absolute Gasteiger partial charge is 0.232 e. The van der Waals surface area contributed by atoms with E-state index in [1.165, 1.54) is 29.0 Å². The van der Waals surface area contributed by atoms with E-state index in [-0.39, 0.29) is 5.91 Å². The highest BCUT2D eigenvalue weighted by atomic mass is 32.2. The Morgan fingerprint density at radius 3 is 2.62 bits per heavy atom. The van der Waals surface area contributed by atoms with E-state index < -0.39 is 10.0 Å². The number of sulfonamides is 1. The van der Waals surface area contributed by atoms with E-state index in [9.17, 15) is 13.2 Å². The van der Waals surface area contributed by atoms with E-state index >= 15 is 0 Å². The molecule has 0 bridgehead atoms. The van der Waals surface area contributed by atoms with Crippen LogP contribution in [0.15, 0.2) is 29.8 Å². The van der Waals surface area contributed by atoms with Gasteiger partial charge in [0.2, 0.25) is 15.9 Å². The van der Waals surface area contributed by atoms with Crippen LogP contribution < -0.4 is 9.62 Å². The number of carbonyl (C=O) groups is 1.